The summed E-state index contributed by atoms with van der Waals surface area (Å²) in [7, 11) is 0. The Hall–Kier alpha value is -3.80. The maximum Gasteiger partial charge on any atom is 0.257 e. The van der Waals surface area contributed by atoms with Gasteiger partial charge in [0.15, 0.2) is 6.61 Å². The molecule has 188 valence electrons. The van der Waals surface area contributed by atoms with E-state index in [1.165, 1.54) is 5.56 Å². The van der Waals surface area contributed by atoms with Crippen molar-refractivity contribution in [2.24, 2.45) is 0 Å². The molecule has 4 rings (SSSR count). The Labute approximate surface area is 213 Å². The number of hydrogen-bond acceptors (Lipinski definition) is 4. The number of benzene rings is 3. The van der Waals surface area contributed by atoms with Crippen LogP contribution in [-0.4, -0.2) is 35.2 Å². The number of carbonyl (C=O) groups is 1. The number of carbonyl (C=O) groups excluding carboxylic acids is 1. The summed E-state index contributed by atoms with van der Waals surface area (Å²) in [5.74, 6) is 2.96. The predicted molar refractivity (Wildman–Crippen MR) is 144 cm³/mol. The van der Waals surface area contributed by atoms with Crippen molar-refractivity contribution in [2.45, 2.75) is 45.6 Å². The maximum absolute atomic E-state index is 12.2. The third-order valence-electron chi connectivity index (χ3n) is 6.11. The lowest BCUT2D eigenvalue weighted by atomic mass is 10.0. The number of amides is 1. The molecule has 0 radical (unpaired) electrons. The van der Waals surface area contributed by atoms with E-state index < -0.39 is 0 Å². The van der Waals surface area contributed by atoms with E-state index in [0.29, 0.717) is 31.2 Å². The van der Waals surface area contributed by atoms with Crippen molar-refractivity contribution in [1.29, 1.82) is 0 Å². The van der Waals surface area contributed by atoms with Crippen LogP contribution in [-0.2, 0) is 17.8 Å². The Morgan fingerprint density at radius 3 is 2.39 bits per heavy atom. The normalized spacial score (nSPS) is 11.1. The van der Waals surface area contributed by atoms with Crippen molar-refractivity contribution in [2.75, 3.05) is 19.8 Å². The van der Waals surface area contributed by atoms with Crippen molar-refractivity contribution in [3.63, 3.8) is 0 Å². The van der Waals surface area contributed by atoms with E-state index in [-0.39, 0.29) is 12.5 Å². The highest BCUT2D eigenvalue weighted by atomic mass is 16.5. The number of nitrogens with one attached hydrogen (secondary N) is 1. The molecule has 3 aromatic carbocycles. The number of hydrogen-bond donors (Lipinski definition) is 1. The Morgan fingerprint density at radius 1 is 0.889 bits per heavy atom. The first kappa shape index (κ1) is 25.3. The van der Waals surface area contributed by atoms with Crippen LogP contribution in [0.2, 0.25) is 0 Å². The Balaban J connectivity index is 1.25. The highest BCUT2D eigenvalue weighted by Gasteiger charge is 2.11. The summed E-state index contributed by atoms with van der Waals surface area (Å²) < 4.78 is 13.7. The average Bonchev–Trinajstić information content (AvgIpc) is 3.25. The van der Waals surface area contributed by atoms with Gasteiger partial charge in [0.2, 0.25) is 0 Å². The van der Waals surface area contributed by atoms with Crippen LogP contribution in [0.3, 0.4) is 0 Å². The fourth-order valence-electron chi connectivity index (χ4n) is 4.11. The smallest absolute Gasteiger partial charge is 0.257 e. The van der Waals surface area contributed by atoms with Gasteiger partial charge in [-0.25, -0.2) is 4.98 Å². The molecule has 0 bridgehead atoms. The summed E-state index contributed by atoms with van der Waals surface area (Å²) in [6.45, 7) is 6.43. The average molecular weight is 486 g/mol. The van der Waals surface area contributed by atoms with Crippen molar-refractivity contribution in [3.05, 3.63) is 90.3 Å². The fraction of sp³-hybridized carbons (Fsp3) is 0.333. The molecule has 1 aromatic heterocycles. The number of rotatable bonds is 13. The van der Waals surface area contributed by atoms with Crippen LogP contribution in [0.1, 0.15) is 44.0 Å². The number of aromatic nitrogens is 2. The standard InChI is InChI=1S/C30H35N3O3/c1-23(2)24-14-16-26(17-15-24)35-21-9-8-20-33-28-13-7-6-12-27(28)32-29(33)18-19-31-30(34)22-36-25-10-4-3-5-11-25/h3-7,10-17,23H,8-9,18-22H2,1-2H3,(H,31,34). The van der Waals surface area contributed by atoms with Gasteiger partial charge in [-0.2, -0.15) is 0 Å². The molecular weight excluding hydrogens is 450 g/mol. The van der Waals surface area contributed by atoms with E-state index in [2.05, 4.69) is 54.1 Å². The highest BCUT2D eigenvalue weighted by molar-refractivity contribution is 5.77. The van der Waals surface area contributed by atoms with Crippen molar-refractivity contribution < 1.29 is 14.3 Å². The summed E-state index contributed by atoms with van der Waals surface area (Å²) in [5.41, 5.74) is 3.42. The van der Waals surface area contributed by atoms with Crippen LogP contribution >= 0.6 is 0 Å². The SMILES string of the molecule is CC(C)c1ccc(OCCCCn2c(CCNC(=O)COc3ccccc3)nc3ccccc32)cc1. The van der Waals surface area contributed by atoms with Gasteiger partial charge >= 0.3 is 0 Å². The monoisotopic (exact) mass is 485 g/mol. The van der Waals surface area contributed by atoms with Gasteiger partial charge in [-0.05, 0) is 60.7 Å². The molecule has 0 aliphatic carbocycles. The van der Waals surface area contributed by atoms with Gasteiger partial charge in [0.05, 0.1) is 17.6 Å². The third kappa shape index (κ3) is 7.11. The van der Waals surface area contributed by atoms with Gasteiger partial charge in [0.1, 0.15) is 17.3 Å². The van der Waals surface area contributed by atoms with Crippen LogP contribution in [0, 0.1) is 0 Å². The molecule has 36 heavy (non-hydrogen) atoms. The molecule has 6 heteroatoms. The van der Waals surface area contributed by atoms with Crippen LogP contribution in [0.5, 0.6) is 11.5 Å². The summed E-state index contributed by atoms with van der Waals surface area (Å²) in [5, 5.41) is 2.94. The second-order valence-electron chi connectivity index (χ2n) is 9.15. The molecule has 1 N–H and O–H groups in total. The molecule has 0 unspecified atom stereocenters. The molecule has 0 fully saturated rings. The molecular formula is C30H35N3O3. The molecule has 0 atom stereocenters. The maximum atomic E-state index is 12.2. The van der Waals surface area contributed by atoms with Crippen molar-refractivity contribution in [1.82, 2.24) is 14.9 Å². The van der Waals surface area contributed by atoms with E-state index >= 15 is 0 Å². The van der Waals surface area contributed by atoms with Gasteiger partial charge in [0.25, 0.3) is 5.91 Å². The van der Waals surface area contributed by atoms with E-state index in [9.17, 15) is 4.79 Å². The topological polar surface area (TPSA) is 65.4 Å². The molecule has 1 heterocycles. The van der Waals surface area contributed by atoms with Crippen LogP contribution in [0.15, 0.2) is 78.9 Å². The second-order valence-corrected chi connectivity index (χ2v) is 9.15. The van der Waals surface area contributed by atoms with Gasteiger partial charge in [-0.3, -0.25) is 4.79 Å². The third-order valence-corrected chi connectivity index (χ3v) is 6.11. The fourth-order valence-corrected chi connectivity index (χ4v) is 4.11. The number of para-hydroxylation sites is 3. The van der Waals surface area contributed by atoms with Gasteiger partial charge in [-0.15, -0.1) is 0 Å². The van der Waals surface area contributed by atoms with E-state index in [1.54, 1.807) is 0 Å². The first-order chi connectivity index (χ1) is 17.6. The van der Waals surface area contributed by atoms with Gasteiger partial charge in [0, 0.05) is 19.5 Å². The molecule has 0 aliphatic rings. The van der Waals surface area contributed by atoms with Crippen LogP contribution in [0.4, 0.5) is 0 Å². The van der Waals surface area contributed by atoms with Crippen LogP contribution < -0.4 is 14.8 Å². The number of fused-ring (bicyclic) bond motifs is 1. The minimum Gasteiger partial charge on any atom is -0.494 e. The van der Waals surface area contributed by atoms with Gasteiger partial charge in [-0.1, -0.05) is 56.3 Å². The summed E-state index contributed by atoms with van der Waals surface area (Å²) >= 11 is 0. The predicted octanol–water partition coefficient (Wildman–Crippen LogP) is 5.76. The number of unbranched alkanes of at least 4 members (excludes halogenated alkanes) is 1. The van der Waals surface area contributed by atoms with E-state index in [1.807, 2.05) is 48.5 Å². The molecule has 0 saturated heterocycles. The molecule has 0 saturated carbocycles. The summed E-state index contributed by atoms with van der Waals surface area (Å²) in [4.78, 5) is 17.0. The lowest BCUT2D eigenvalue weighted by Crippen LogP contribution is -2.31. The minimum absolute atomic E-state index is 0.000621. The number of nitrogens with zero attached hydrogens (tertiary/aromatic N) is 2. The second kappa shape index (κ2) is 12.8. The van der Waals surface area contributed by atoms with Crippen molar-refractivity contribution >= 4 is 16.9 Å². The molecule has 0 aliphatic heterocycles. The lowest BCUT2D eigenvalue weighted by Gasteiger charge is -2.11. The molecule has 1 amide bonds. The zero-order chi connectivity index (χ0) is 25.2. The Morgan fingerprint density at radius 2 is 1.61 bits per heavy atom. The minimum atomic E-state index is -0.139. The lowest BCUT2D eigenvalue weighted by molar-refractivity contribution is -0.123. The van der Waals surface area contributed by atoms with Crippen molar-refractivity contribution in [3.8, 4) is 11.5 Å². The quantitative estimate of drug-likeness (QED) is 0.245. The highest BCUT2D eigenvalue weighted by Crippen LogP contribution is 2.20. The molecule has 6 nitrogen and oxygen atoms in total. The Bertz CT molecular complexity index is 1230. The number of aryl methyl sites for hydroxylation is 1. The van der Waals surface area contributed by atoms with Gasteiger partial charge < -0.3 is 19.4 Å². The van der Waals surface area contributed by atoms with Crippen LogP contribution in [0.25, 0.3) is 11.0 Å². The summed E-state index contributed by atoms with van der Waals surface area (Å²) in [6, 6.07) is 25.9. The number of imidazole rings is 1. The summed E-state index contributed by atoms with van der Waals surface area (Å²) in [6.07, 6.45) is 2.59. The first-order valence-corrected chi connectivity index (χ1v) is 12.7. The van der Waals surface area contributed by atoms with E-state index in [4.69, 9.17) is 14.5 Å². The number of ether oxygens (including phenoxy) is 2. The largest absolute Gasteiger partial charge is 0.494 e. The van der Waals surface area contributed by atoms with E-state index in [0.717, 1.165) is 42.0 Å². The zero-order valence-electron chi connectivity index (χ0n) is 21.2. The zero-order valence-corrected chi connectivity index (χ0v) is 21.2. The molecule has 4 aromatic rings. The Kier molecular flexibility index (Phi) is 8.98. The first-order valence-electron chi connectivity index (χ1n) is 12.7. The molecule has 0 spiro atoms.